The maximum atomic E-state index is 12.6. The van der Waals surface area contributed by atoms with E-state index in [4.69, 9.17) is 21.7 Å². The van der Waals surface area contributed by atoms with Gasteiger partial charge in [0.05, 0.1) is 15.1 Å². The molecule has 3 rings (SSSR count). The summed E-state index contributed by atoms with van der Waals surface area (Å²) in [5.74, 6) is 1.36. The average Bonchev–Trinajstić information content (AvgIpc) is 2.96. The van der Waals surface area contributed by atoms with Crippen molar-refractivity contribution in [1.29, 1.82) is 0 Å². The summed E-state index contributed by atoms with van der Waals surface area (Å²) in [5.41, 5.74) is 1.98. The zero-order chi connectivity index (χ0) is 20.8. The number of nitrogens with zero attached hydrogens (tertiary/aromatic N) is 1. The molecule has 152 valence electrons. The van der Waals surface area contributed by atoms with Crippen LogP contribution in [0, 0.1) is 3.57 Å². The lowest BCUT2D eigenvalue weighted by atomic mass is 10.1. The number of thiocarbonyl (C=S) groups is 1. The van der Waals surface area contributed by atoms with E-state index >= 15 is 0 Å². The smallest absolute Gasteiger partial charge is 0.266 e. The highest BCUT2D eigenvalue weighted by Crippen LogP contribution is 2.38. The minimum atomic E-state index is -0.0285. The van der Waals surface area contributed by atoms with Crippen molar-refractivity contribution in [3.63, 3.8) is 0 Å². The first-order chi connectivity index (χ1) is 14.0. The van der Waals surface area contributed by atoms with Crippen molar-refractivity contribution in [2.75, 3.05) is 13.2 Å². The molecule has 1 fully saturated rings. The molecule has 0 saturated carbocycles. The van der Waals surface area contributed by atoms with Crippen LogP contribution in [-0.4, -0.2) is 28.3 Å². The van der Waals surface area contributed by atoms with E-state index in [0.717, 1.165) is 21.1 Å². The average molecular weight is 539 g/mol. The number of rotatable bonds is 8. The van der Waals surface area contributed by atoms with E-state index in [9.17, 15) is 4.79 Å². The number of hydrogen-bond donors (Lipinski definition) is 0. The molecule has 0 bridgehead atoms. The van der Waals surface area contributed by atoms with Crippen molar-refractivity contribution in [3.05, 3.63) is 62.1 Å². The predicted molar refractivity (Wildman–Crippen MR) is 131 cm³/mol. The zero-order valence-corrected chi connectivity index (χ0v) is 20.1. The van der Waals surface area contributed by atoms with Crippen LogP contribution in [0.25, 0.3) is 6.08 Å². The number of ether oxygens (including phenoxy) is 2. The van der Waals surface area contributed by atoms with Gasteiger partial charge in [0.1, 0.15) is 10.9 Å². The summed E-state index contributed by atoms with van der Waals surface area (Å²) < 4.78 is 13.4. The van der Waals surface area contributed by atoms with E-state index in [1.54, 1.807) is 4.90 Å². The van der Waals surface area contributed by atoms with E-state index in [1.807, 2.05) is 62.4 Å². The Morgan fingerprint density at radius 1 is 1.17 bits per heavy atom. The van der Waals surface area contributed by atoms with Crippen molar-refractivity contribution in [1.82, 2.24) is 4.90 Å². The fourth-order valence-electron chi connectivity index (χ4n) is 2.87. The van der Waals surface area contributed by atoms with Crippen LogP contribution >= 0.6 is 46.6 Å². The first-order valence-corrected chi connectivity index (χ1v) is 11.7. The molecule has 0 atom stereocenters. The molecule has 1 saturated heterocycles. The van der Waals surface area contributed by atoms with Gasteiger partial charge in [-0.1, -0.05) is 61.2 Å². The Bertz CT molecular complexity index is 931. The Balaban J connectivity index is 1.86. The van der Waals surface area contributed by atoms with Gasteiger partial charge < -0.3 is 9.47 Å². The molecule has 0 unspecified atom stereocenters. The summed E-state index contributed by atoms with van der Waals surface area (Å²) in [6.07, 6.45) is 2.75. The third-order valence-electron chi connectivity index (χ3n) is 4.18. The first kappa shape index (κ1) is 22.1. The fourth-order valence-corrected chi connectivity index (χ4v) is 4.96. The Morgan fingerprint density at radius 3 is 2.62 bits per heavy atom. The van der Waals surface area contributed by atoms with Crippen LogP contribution in [0.5, 0.6) is 11.5 Å². The fraction of sp³-hybridized carbons (Fsp3) is 0.273. The highest BCUT2D eigenvalue weighted by atomic mass is 127. The van der Waals surface area contributed by atoms with Crippen molar-refractivity contribution in [3.8, 4) is 11.5 Å². The molecule has 0 radical (unpaired) electrons. The number of hydrogen-bond acceptors (Lipinski definition) is 5. The van der Waals surface area contributed by atoms with E-state index < -0.39 is 0 Å². The van der Waals surface area contributed by atoms with Crippen LogP contribution < -0.4 is 9.47 Å². The van der Waals surface area contributed by atoms with Crippen LogP contribution in [0.1, 0.15) is 31.4 Å². The summed E-state index contributed by atoms with van der Waals surface area (Å²) in [5, 5.41) is 0. The molecule has 1 heterocycles. The molecule has 0 spiro atoms. The molecule has 7 heteroatoms. The van der Waals surface area contributed by atoms with Crippen molar-refractivity contribution >= 4 is 62.9 Å². The number of carbonyl (C=O) groups is 1. The minimum absolute atomic E-state index is 0.0285. The van der Waals surface area contributed by atoms with Crippen LogP contribution in [-0.2, 0) is 11.4 Å². The van der Waals surface area contributed by atoms with E-state index in [2.05, 4.69) is 22.6 Å². The van der Waals surface area contributed by atoms with E-state index in [1.165, 1.54) is 11.8 Å². The number of amides is 1. The van der Waals surface area contributed by atoms with Gasteiger partial charge in [0.15, 0.2) is 11.5 Å². The van der Waals surface area contributed by atoms with Gasteiger partial charge in [-0.05, 0) is 65.3 Å². The van der Waals surface area contributed by atoms with Gasteiger partial charge in [0.25, 0.3) is 5.91 Å². The SMILES string of the molecule is CCCN1C(=O)/C(=C/c2cc(I)c(OCc3ccccc3)c(OCC)c2)SC1=S. The van der Waals surface area contributed by atoms with Crippen LogP contribution in [0.3, 0.4) is 0 Å². The topological polar surface area (TPSA) is 38.8 Å². The molecule has 4 nitrogen and oxygen atoms in total. The molecular weight excluding hydrogens is 517 g/mol. The normalized spacial score (nSPS) is 15.3. The second-order valence-electron chi connectivity index (χ2n) is 6.37. The third kappa shape index (κ3) is 5.52. The predicted octanol–water partition coefficient (Wildman–Crippen LogP) is 5.88. The zero-order valence-electron chi connectivity index (χ0n) is 16.3. The molecule has 2 aromatic rings. The molecular formula is C22H22INO3S2. The lowest BCUT2D eigenvalue weighted by Gasteiger charge is -2.15. The summed E-state index contributed by atoms with van der Waals surface area (Å²) in [6, 6.07) is 13.9. The maximum Gasteiger partial charge on any atom is 0.266 e. The van der Waals surface area contributed by atoms with Gasteiger partial charge in [-0.25, -0.2) is 0 Å². The molecule has 2 aromatic carbocycles. The van der Waals surface area contributed by atoms with E-state index in [0.29, 0.717) is 40.5 Å². The number of carbonyl (C=O) groups excluding carboxylic acids is 1. The summed E-state index contributed by atoms with van der Waals surface area (Å²) in [4.78, 5) is 14.9. The number of halogens is 1. The lowest BCUT2D eigenvalue weighted by molar-refractivity contribution is -0.122. The van der Waals surface area contributed by atoms with Crippen LogP contribution in [0.15, 0.2) is 47.4 Å². The number of thioether (sulfide) groups is 1. The van der Waals surface area contributed by atoms with Crippen molar-refractivity contribution in [2.45, 2.75) is 26.9 Å². The Labute approximate surface area is 194 Å². The second-order valence-corrected chi connectivity index (χ2v) is 9.21. The first-order valence-electron chi connectivity index (χ1n) is 9.42. The second kappa shape index (κ2) is 10.4. The van der Waals surface area contributed by atoms with Gasteiger partial charge in [0, 0.05) is 6.54 Å². The molecule has 1 amide bonds. The minimum Gasteiger partial charge on any atom is -0.490 e. The summed E-state index contributed by atoms with van der Waals surface area (Å²) in [6.45, 7) is 5.62. The number of benzene rings is 2. The van der Waals surface area contributed by atoms with Crippen LogP contribution in [0.4, 0.5) is 0 Å². The highest BCUT2D eigenvalue weighted by Gasteiger charge is 2.31. The van der Waals surface area contributed by atoms with Gasteiger partial charge in [-0.2, -0.15) is 0 Å². The molecule has 1 aliphatic rings. The summed E-state index contributed by atoms with van der Waals surface area (Å²) in [7, 11) is 0. The Hall–Kier alpha value is -1.58. The molecule has 0 aromatic heterocycles. The van der Waals surface area contributed by atoms with Gasteiger partial charge >= 0.3 is 0 Å². The standard InChI is InChI=1S/C22H22INO3S2/c1-3-10-24-21(25)19(29-22(24)28)13-16-11-17(23)20(18(12-16)26-4-2)27-14-15-8-6-5-7-9-15/h5-9,11-13H,3-4,10,14H2,1-2H3/b19-13-. The lowest BCUT2D eigenvalue weighted by Crippen LogP contribution is -2.28. The van der Waals surface area contributed by atoms with Gasteiger partial charge in [-0.3, -0.25) is 9.69 Å². The maximum absolute atomic E-state index is 12.6. The van der Waals surface area contributed by atoms with Gasteiger partial charge in [0.2, 0.25) is 0 Å². The van der Waals surface area contributed by atoms with Crippen LogP contribution in [0.2, 0.25) is 0 Å². The van der Waals surface area contributed by atoms with Crippen molar-refractivity contribution in [2.24, 2.45) is 0 Å². The van der Waals surface area contributed by atoms with E-state index in [-0.39, 0.29) is 5.91 Å². The quantitative estimate of drug-likeness (QED) is 0.238. The largest absolute Gasteiger partial charge is 0.490 e. The Kier molecular flexibility index (Phi) is 7.97. The molecule has 29 heavy (non-hydrogen) atoms. The highest BCUT2D eigenvalue weighted by molar-refractivity contribution is 14.1. The monoisotopic (exact) mass is 539 g/mol. The molecule has 1 aliphatic heterocycles. The molecule has 0 aliphatic carbocycles. The molecule has 0 N–H and O–H groups in total. The van der Waals surface area contributed by atoms with Gasteiger partial charge in [-0.15, -0.1) is 0 Å². The third-order valence-corrected chi connectivity index (χ3v) is 6.36. The van der Waals surface area contributed by atoms with Crippen molar-refractivity contribution < 1.29 is 14.3 Å². The summed E-state index contributed by atoms with van der Waals surface area (Å²) >= 11 is 8.95. The Morgan fingerprint density at radius 2 is 1.93 bits per heavy atom.